The van der Waals surface area contributed by atoms with Crippen molar-refractivity contribution in [2.45, 2.75) is 0 Å². The van der Waals surface area contributed by atoms with E-state index >= 15 is 0 Å². The number of hydrogen-bond donors (Lipinski definition) is 0. The molecule has 0 radical (unpaired) electrons. The summed E-state index contributed by atoms with van der Waals surface area (Å²) in [6.45, 7) is 0. The molecule has 1 nitrogen and oxygen atoms in total. The second-order valence-electron chi connectivity index (χ2n) is 13.3. The molecule has 0 saturated carbocycles. The Hall–Kier alpha value is -6.96. The third-order valence-corrected chi connectivity index (χ3v) is 10.1. The molecule has 0 fully saturated rings. The summed E-state index contributed by atoms with van der Waals surface area (Å²) in [6.07, 6.45) is 0. The van der Waals surface area contributed by atoms with Crippen LogP contribution in [-0.2, 0) is 0 Å². The van der Waals surface area contributed by atoms with Crippen molar-refractivity contribution in [3.8, 4) is 55.6 Å². The van der Waals surface area contributed by atoms with Crippen LogP contribution in [0.3, 0.4) is 0 Å². The lowest BCUT2D eigenvalue weighted by Crippen LogP contribution is -2.11. The van der Waals surface area contributed by atoms with E-state index in [0.717, 1.165) is 17.1 Å². The van der Waals surface area contributed by atoms with Gasteiger partial charge in [-0.05, 0) is 91.2 Å². The zero-order valence-electron chi connectivity index (χ0n) is 29.3. The van der Waals surface area contributed by atoms with Gasteiger partial charge in [-0.2, -0.15) is 0 Å². The number of rotatable bonds is 8. The van der Waals surface area contributed by atoms with Gasteiger partial charge in [0, 0.05) is 16.9 Å². The van der Waals surface area contributed by atoms with Crippen molar-refractivity contribution in [1.82, 2.24) is 0 Å². The summed E-state index contributed by atoms with van der Waals surface area (Å²) in [4.78, 5) is 2.38. The Balaban J connectivity index is 1.14. The molecule has 250 valence electrons. The SMILES string of the molecule is c1ccc(-c2ccc(-c3ccc(N(c4ccc(-c5c(-c6ccccc6)ccc6ccccc56)cc4)c4ccccc4-c4ccccc4)cc3)cc2)cc1. The Labute approximate surface area is 311 Å². The Morgan fingerprint density at radius 3 is 1.25 bits per heavy atom. The van der Waals surface area contributed by atoms with Crippen molar-refractivity contribution in [2.75, 3.05) is 4.90 Å². The van der Waals surface area contributed by atoms with Crippen LogP contribution in [0.15, 0.2) is 224 Å². The molecule has 9 rings (SSSR count). The van der Waals surface area contributed by atoms with Gasteiger partial charge >= 0.3 is 0 Å². The smallest absolute Gasteiger partial charge is 0.0540 e. The lowest BCUT2D eigenvalue weighted by Gasteiger charge is -2.28. The standard InChI is InChI=1S/C52H37N/c1-4-14-38(15-5-1)39-24-26-40(27-25-39)41-28-33-46(34-29-41)53(51-23-13-12-21-48(51)42-16-6-2-7-17-42)47-35-30-45(31-36-47)52-49-22-11-10-20-44(49)32-37-50(52)43-18-8-3-9-19-43/h1-37H. The van der Waals surface area contributed by atoms with E-state index in [1.165, 1.54) is 66.4 Å². The first-order chi connectivity index (χ1) is 26.3. The van der Waals surface area contributed by atoms with Crippen molar-refractivity contribution < 1.29 is 0 Å². The molecule has 0 aromatic heterocycles. The molecule has 0 saturated heterocycles. The van der Waals surface area contributed by atoms with Crippen LogP contribution in [0.1, 0.15) is 0 Å². The van der Waals surface area contributed by atoms with Crippen molar-refractivity contribution >= 4 is 27.8 Å². The molecule has 0 N–H and O–H groups in total. The molecule has 1 heteroatoms. The van der Waals surface area contributed by atoms with Gasteiger partial charge < -0.3 is 4.90 Å². The van der Waals surface area contributed by atoms with Crippen LogP contribution in [-0.4, -0.2) is 0 Å². The fourth-order valence-corrected chi connectivity index (χ4v) is 7.46. The molecule has 53 heavy (non-hydrogen) atoms. The highest BCUT2D eigenvalue weighted by atomic mass is 15.1. The van der Waals surface area contributed by atoms with Crippen LogP contribution >= 0.6 is 0 Å². The van der Waals surface area contributed by atoms with Crippen LogP contribution in [0.4, 0.5) is 17.1 Å². The predicted octanol–water partition coefficient (Wildman–Crippen LogP) is 14.6. The van der Waals surface area contributed by atoms with Crippen molar-refractivity contribution in [1.29, 1.82) is 0 Å². The summed E-state index contributed by atoms with van der Waals surface area (Å²) in [5.41, 5.74) is 15.4. The molecule has 0 aliphatic rings. The number of benzene rings is 9. The van der Waals surface area contributed by atoms with E-state index < -0.39 is 0 Å². The highest BCUT2D eigenvalue weighted by molar-refractivity contribution is 6.04. The quantitative estimate of drug-likeness (QED) is 0.155. The van der Waals surface area contributed by atoms with Gasteiger partial charge in [0.15, 0.2) is 0 Å². The first kappa shape index (κ1) is 32.0. The molecule has 0 aliphatic carbocycles. The van der Waals surface area contributed by atoms with Gasteiger partial charge in [0.2, 0.25) is 0 Å². The Morgan fingerprint density at radius 2 is 0.660 bits per heavy atom. The van der Waals surface area contributed by atoms with E-state index in [2.05, 4.69) is 229 Å². The fourth-order valence-electron chi connectivity index (χ4n) is 7.46. The topological polar surface area (TPSA) is 3.24 Å². The van der Waals surface area contributed by atoms with Crippen molar-refractivity contribution in [3.63, 3.8) is 0 Å². The Morgan fingerprint density at radius 1 is 0.245 bits per heavy atom. The van der Waals surface area contributed by atoms with Gasteiger partial charge in [-0.3, -0.25) is 0 Å². The van der Waals surface area contributed by atoms with Gasteiger partial charge in [0.1, 0.15) is 0 Å². The highest BCUT2D eigenvalue weighted by Gasteiger charge is 2.18. The maximum Gasteiger partial charge on any atom is 0.0540 e. The lowest BCUT2D eigenvalue weighted by molar-refractivity contribution is 1.28. The molecule has 0 amide bonds. The molecule has 0 unspecified atom stereocenters. The molecule has 0 bridgehead atoms. The number of fused-ring (bicyclic) bond motifs is 1. The van der Waals surface area contributed by atoms with Crippen LogP contribution in [0.2, 0.25) is 0 Å². The van der Waals surface area contributed by atoms with E-state index in [1.807, 2.05) is 0 Å². The second kappa shape index (κ2) is 14.3. The monoisotopic (exact) mass is 675 g/mol. The first-order valence-corrected chi connectivity index (χ1v) is 18.2. The summed E-state index contributed by atoms with van der Waals surface area (Å²) in [7, 11) is 0. The zero-order valence-corrected chi connectivity index (χ0v) is 29.3. The van der Waals surface area contributed by atoms with Gasteiger partial charge in [-0.1, -0.05) is 194 Å². The molecule has 0 aliphatic heterocycles. The molecule has 0 heterocycles. The van der Waals surface area contributed by atoms with E-state index in [4.69, 9.17) is 0 Å². The second-order valence-corrected chi connectivity index (χ2v) is 13.3. The molecular weight excluding hydrogens is 639 g/mol. The van der Waals surface area contributed by atoms with Crippen LogP contribution in [0, 0.1) is 0 Å². The van der Waals surface area contributed by atoms with E-state index in [9.17, 15) is 0 Å². The Kier molecular flexibility index (Phi) is 8.66. The minimum atomic E-state index is 1.10. The lowest BCUT2D eigenvalue weighted by atomic mass is 9.89. The maximum absolute atomic E-state index is 2.38. The maximum atomic E-state index is 2.38. The molecule has 0 atom stereocenters. The van der Waals surface area contributed by atoms with E-state index in [0.29, 0.717) is 0 Å². The van der Waals surface area contributed by atoms with Crippen molar-refractivity contribution in [3.05, 3.63) is 224 Å². The third-order valence-electron chi connectivity index (χ3n) is 10.1. The molecular formula is C52H37N. The minimum absolute atomic E-state index is 1.10. The zero-order chi connectivity index (χ0) is 35.4. The summed E-state index contributed by atoms with van der Waals surface area (Å²) in [5, 5.41) is 2.49. The molecule has 9 aromatic carbocycles. The van der Waals surface area contributed by atoms with Crippen LogP contribution in [0.5, 0.6) is 0 Å². The van der Waals surface area contributed by atoms with Crippen molar-refractivity contribution in [2.24, 2.45) is 0 Å². The van der Waals surface area contributed by atoms with E-state index in [1.54, 1.807) is 0 Å². The first-order valence-electron chi connectivity index (χ1n) is 18.2. The fraction of sp³-hybridized carbons (Fsp3) is 0. The minimum Gasteiger partial charge on any atom is -0.310 e. The highest BCUT2D eigenvalue weighted by Crippen LogP contribution is 2.43. The number of hydrogen-bond acceptors (Lipinski definition) is 1. The predicted molar refractivity (Wildman–Crippen MR) is 226 cm³/mol. The average Bonchev–Trinajstić information content (AvgIpc) is 3.25. The number of nitrogens with zero attached hydrogens (tertiary/aromatic N) is 1. The summed E-state index contributed by atoms with van der Waals surface area (Å²) >= 11 is 0. The Bertz CT molecular complexity index is 2610. The van der Waals surface area contributed by atoms with E-state index in [-0.39, 0.29) is 0 Å². The van der Waals surface area contributed by atoms with Crippen LogP contribution in [0.25, 0.3) is 66.4 Å². The largest absolute Gasteiger partial charge is 0.310 e. The average molecular weight is 676 g/mol. The summed E-state index contributed by atoms with van der Waals surface area (Å²) < 4.78 is 0. The third kappa shape index (κ3) is 6.42. The summed E-state index contributed by atoms with van der Waals surface area (Å²) in [6, 6.07) is 80.7. The molecule has 9 aromatic rings. The normalized spacial score (nSPS) is 11.0. The summed E-state index contributed by atoms with van der Waals surface area (Å²) in [5.74, 6) is 0. The van der Waals surface area contributed by atoms with Gasteiger partial charge in [-0.25, -0.2) is 0 Å². The molecule has 0 spiro atoms. The van der Waals surface area contributed by atoms with Gasteiger partial charge in [0.05, 0.1) is 5.69 Å². The number of anilines is 3. The van der Waals surface area contributed by atoms with Gasteiger partial charge in [-0.15, -0.1) is 0 Å². The van der Waals surface area contributed by atoms with Crippen LogP contribution < -0.4 is 4.90 Å². The number of para-hydroxylation sites is 1. The van der Waals surface area contributed by atoms with Gasteiger partial charge in [0.25, 0.3) is 0 Å².